The smallest absolute Gasteiger partial charge is 0.248 e. The third-order valence-corrected chi connectivity index (χ3v) is 8.76. The molecule has 0 N–H and O–H groups in total. The molecule has 2 aliphatic heterocycles. The zero-order chi connectivity index (χ0) is 24.5. The van der Waals surface area contributed by atoms with E-state index in [0.29, 0.717) is 18.8 Å². The van der Waals surface area contributed by atoms with Gasteiger partial charge in [0.1, 0.15) is 17.3 Å². The van der Waals surface area contributed by atoms with Crippen molar-refractivity contribution in [2.75, 3.05) is 26.2 Å². The summed E-state index contributed by atoms with van der Waals surface area (Å²) in [5.41, 5.74) is 0.282. The third kappa shape index (κ3) is 5.07. The number of hydrogen-bond acceptors (Lipinski definition) is 5. The average molecular weight is 494 g/mol. The molecule has 2 aliphatic rings. The molecule has 3 heterocycles. The number of rotatable bonds is 5. The molecule has 2 fully saturated rings. The number of hydrogen-bond donors (Lipinski definition) is 0. The Labute approximate surface area is 198 Å². The van der Waals surface area contributed by atoms with Crippen molar-refractivity contribution < 1.29 is 26.5 Å². The van der Waals surface area contributed by atoms with Gasteiger partial charge in [0.25, 0.3) is 0 Å². The normalized spacial score (nSPS) is 19.2. The summed E-state index contributed by atoms with van der Waals surface area (Å²) < 4.78 is 60.4. The zero-order valence-corrected chi connectivity index (χ0v) is 20.2. The standard InChI is InChI=1S/C24H29F2N3O4S/c1-16-7-11-28(12-8-16)24(30)19-9-13-29(14-10-19)34(31,32)23-17(2)27-33-22(23)6-4-18-3-5-20(25)15-21(18)26/h3-6,15-16,19H,7-14H2,1-2H3. The van der Waals surface area contributed by atoms with Crippen molar-refractivity contribution >= 4 is 28.1 Å². The highest BCUT2D eigenvalue weighted by Gasteiger charge is 2.37. The Morgan fingerprint density at radius 2 is 1.76 bits per heavy atom. The molecule has 0 saturated carbocycles. The van der Waals surface area contributed by atoms with Gasteiger partial charge in [-0.25, -0.2) is 17.2 Å². The minimum atomic E-state index is -3.94. The van der Waals surface area contributed by atoms with Crippen LogP contribution in [0.3, 0.4) is 0 Å². The van der Waals surface area contributed by atoms with Gasteiger partial charge in [-0.3, -0.25) is 4.79 Å². The summed E-state index contributed by atoms with van der Waals surface area (Å²) in [6, 6.07) is 3.12. The van der Waals surface area contributed by atoms with E-state index in [-0.39, 0.29) is 46.8 Å². The minimum Gasteiger partial charge on any atom is -0.355 e. The summed E-state index contributed by atoms with van der Waals surface area (Å²) in [5, 5.41) is 3.79. The molecule has 0 unspecified atom stereocenters. The van der Waals surface area contributed by atoms with E-state index in [4.69, 9.17) is 4.52 Å². The Hall–Kier alpha value is -2.59. The molecule has 4 rings (SSSR count). The molecule has 0 atom stereocenters. The van der Waals surface area contributed by atoms with E-state index in [2.05, 4.69) is 12.1 Å². The largest absolute Gasteiger partial charge is 0.355 e. The summed E-state index contributed by atoms with van der Waals surface area (Å²) in [6.07, 6.45) is 5.56. The lowest BCUT2D eigenvalue weighted by atomic mass is 9.93. The second kappa shape index (κ2) is 9.95. The summed E-state index contributed by atoms with van der Waals surface area (Å²) in [4.78, 5) is 14.7. The molecule has 0 spiro atoms. The molecular formula is C24H29F2N3O4S. The molecule has 0 radical (unpaired) electrons. The van der Waals surface area contributed by atoms with Gasteiger partial charge in [0, 0.05) is 43.7 Å². The fourth-order valence-corrected chi connectivity index (χ4v) is 6.28. The number of aromatic nitrogens is 1. The predicted octanol–water partition coefficient (Wildman–Crippen LogP) is 4.09. The van der Waals surface area contributed by atoms with Crippen LogP contribution < -0.4 is 0 Å². The SMILES string of the molecule is Cc1noc(C=Cc2ccc(F)cc2F)c1S(=O)(=O)N1CCC(C(=O)N2CCC(C)CC2)CC1. The molecule has 1 amide bonds. The number of aryl methyl sites for hydroxylation is 1. The number of amides is 1. The first kappa shape index (κ1) is 24.5. The Morgan fingerprint density at radius 1 is 1.09 bits per heavy atom. The summed E-state index contributed by atoms with van der Waals surface area (Å²) in [7, 11) is -3.94. The van der Waals surface area contributed by atoms with Gasteiger partial charge in [-0.15, -0.1) is 0 Å². The van der Waals surface area contributed by atoms with Crippen LogP contribution in [0.1, 0.15) is 49.6 Å². The van der Waals surface area contributed by atoms with Crippen LogP contribution >= 0.6 is 0 Å². The van der Waals surface area contributed by atoms with E-state index in [9.17, 15) is 22.0 Å². The van der Waals surface area contributed by atoms with Crippen molar-refractivity contribution in [2.24, 2.45) is 11.8 Å². The molecule has 0 aliphatic carbocycles. The zero-order valence-electron chi connectivity index (χ0n) is 19.3. The Bertz CT molecular complexity index is 1180. The van der Waals surface area contributed by atoms with Crippen LogP contribution in [0.15, 0.2) is 27.6 Å². The van der Waals surface area contributed by atoms with E-state index < -0.39 is 21.7 Å². The molecule has 34 heavy (non-hydrogen) atoms. The Kier molecular flexibility index (Phi) is 7.18. The van der Waals surface area contributed by atoms with Crippen LogP contribution in [0.5, 0.6) is 0 Å². The lowest BCUT2D eigenvalue weighted by molar-refractivity contribution is -0.138. The Balaban J connectivity index is 1.46. The van der Waals surface area contributed by atoms with Crippen LogP contribution in [0.25, 0.3) is 12.2 Å². The van der Waals surface area contributed by atoms with Crippen molar-refractivity contribution in [1.82, 2.24) is 14.4 Å². The number of likely N-dealkylation sites (tertiary alicyclic amines) is 1. The van der Waals surface area contributed by atoms with Gasteiger partial charge in [-0.2, -0.15) is 4.31 Å². The van der Waals surface area contributed by atoms with Crippen LogP contribution in [0.2, 0.25) is 0 Å². The first-order chi connectivity index (χ1) is 16.2. The second-order valence-corrected chi connectivity index (χ2v) is 11.0. The first-order valence-corrected chi connectivity index (χ1v) is 13.0. The van der Waals surface area contributed by atoms with Crippen LogP contribution in [-0.2, 0) is 14.8 Å². The highest BCUT2D eigenvalue weighted by atomic mass is 32.2. The number of carbonyl (C=O) groups excluding carboxylic acids is 1. The highest BCUT2D eigenvalue weighted by molar-refractivity contribution is 7.89. The van der Waals surface area contributed by atoms with Gasteiger partial charge in [-0.05, 0) is 62.8 Å². The molecule has 10 heteroatoms. The predicted molar refractivity (Wildman–Crippen MR) is 123 cm³/mol. The number of benzene rings is 1. The maximum atomic E-state index is 13.9. The molecule has 7 nitrogen and oxygen atoms in total. The number of nitrogens with zero attached hydrogens (tertiary/aromatic N) is 3. The summed E-state index contributed by atoms with van der Waals surface area (Å²) in [6.45, 7) is 5.70. The van der Waals surface area contributed by atoms with Crippen molar-refractivity contribution in [1.29, 1.82) is 0 Å². The van der Waals surface area contributed by atoms with Gasteiger partial charge in [0.05, 0.1) is 0 Å². The first-order valence-electron chi connectivity index (χ1n) is 11.5. The van der Waals surface area contributed by atoms with Gasteiger partial charge in [0.15, 0.2) is 10.7 Å². The summed E-state index contributed by atoms with van der Waals surface area (Å²) >= 11 is 0. The van der Waals surface area contributed by atoms with E-state index in [1.165, 1.54) is 29.4 Å². The lowest BCUT2D eigenvalue weighted by Crippen LogP contribution is -2.46. The van der Waals surface area contributed by atoms with E-state index >= 15 is 0 Å². The number of piperidine rings is 2. The number of halogens is 2. The van der Waals surface area contributed by atoms with Crippen molar-refractivity contribution in [3.05, 3.63) is 46.9 Å². The average Bonchev–Trinajstić information content (AvgIpc) is 3.19. The van der Waals surface area contributed by atoms with E-state index in [1.807, 2.05) is 4.90 Å². The van der Waals surface area contributed by atoms with Gasteiger partial charge < -0.3 is 9.42 Å². The molecule has 2 aromatic rings. The van der Waals surface area contributed by atoms with Gasteiger partial charge in [0.2, 0.25) is 15.9 Å². The van der Waals surface area contributed by atoms with Gasteiger partial charge in [-0.1, -0.05) is 12.1 Å². The molecular weight excluding hydrogens is 464 g/mol. The number of sulfonamides is 1. The fourth-order valence-electron chi connectivity index (χ4n) is 4.56. The van der Waals surface area contributed by atoms with Gasteiger partial charge >= 0.3 is 0 Å². The van der Waals surface area contributed by atoms with E-state index in [0.717, 1.165) is 38.1 Å². The maximum Gasteiger partial charge on any atom is 0.248 e. The monoisotopic (exact) mass is 493 g/mol. The van der Waals surface area contributed by atoms with Crippen molar-refractivity contribution in [3.63, 3.8) is 0 Å². The lowest BCUT2D eigenvalue weighted by Gasteiger charge is -2.36. The molecule has 2 saturated heterocycles. The second-order valence-electron chi connectivity index (χ2n) is 9.15. The molecule has 1 aromatic carbocycles. The van der Waals surface area contributed by atoms with Crippen LogP contribution in [0, 0.1) is 30.4 Å². The van der Waals surface area contributed by atoms with Crippen LogP contribution in [0.4, 0.5) is 8.78 Å². The molecule has 184 valence electrons. The topological polar surface area (TPSA) is 83.7 Å². The number of carbonyl (C=O) groups is 1. The van der Waals surface area contributed by atoms with E-state index in [1.54, 1.807) is 0 Å². The Morgan fingerprint density at radius 3 is 2.41 bits per heavy atom. The molecule has 0 bridgehead atoms. The maximum absolute atomic E-state index is 13.9. The molecule has 1 aromatic heterocycles. The quantitative estimate of drug-likeness (QED) is 0.627. The highest BCUT2D eigenvalue weighted by Crippen LogP contribution is 2.30. The summed E-state index contributed by atoms with van der Waals surface area (Å²) in [5.74, 6) is -0.927. The van der Waals surface area contributed by atoms with Crippen LogP contribution in [-0.4, -0.2) is 54.9 Å². The van der Waals surface area contributed by atoms with Crippen molar-refractivity contribution in [3.8, 4) is 0 Å². The minimum absolute atomic E-state index is 0.0261. The van der Waals surface area contributed by atoms with Crippen molar-refractivity contribution in [2.45, 2.75) is 44.4 Å². The third-order valence-electron chi connectivity index (χ3n) is 6.71. The fraction of sp³-hybridized carbons (Fsp3) is 0.500.